The highest BCUT2D eigenvalue weighted by molar-refractivity contribution is 6.31. The average molecular weight is 407 g/mol. The lowest BCUT2D eigenvalue weighted by Gasteiger charge is -2.21. The molecule has 0 aromatic heterocycles. The fraction of sp³-hybridized carbons (Fsp3) is 0.300. The van der Waals surface area contributed by atoms with Crippen LogP contribution in [-0.4, -0.2) is 45.7 Å². The molecule has 0 saturated carbocycles. The van der Waals surface area contributed by atoms with Gasteiger partial charge >= 0.3 is 0 Å². The molecule has 0 aliphatic heterocycles. The zero-order valence-electron chi connectivity index (χ0n) is 16.3. The van der Waals surface area contributed by atoms with Crippen LogP contribution >= 0.6 is 11.6 Å². The third kappa shape index (κ3) is 5.87. The van der Waals surface area contributed by atoms with Gasteiger partial charge in [0.1, 0.15) is 11.5 Å². The zero-order chi connectivity index (χ0) is 20.7. The van der Waals surface area contributed by atoms with E-state index in [0.29, 0.717) is 27.9 Å². The zero-order valence-corrected chi connectivity index (χ0v) is 17.1. The number of nitrogens with one attached hydrogen (secondary N) is 3. The van der Waals surface area contributed by atoms with Crippen LogP contribution < -0.4 is 25.0 Å². The van der Waals surface area contributed by atoms with Crippen molar-refractivity contribution in [2.24, 2.45) is 0 Å². The number of methoxy groups -OCH3 is 2. The highest BCUT2D eigenvalue weighted by Gasteiger charge is 2.25. The normalized spacial score (nSPS) is 12.6. The molecule has 2 aromatic carbocycles. The quantitative estimate of drug-likeness (QED) is 0.625. The minimum absolute atomic E-state index is 0.132. The van der Waals surface area contributed by atoms with Crippen LogP contribution in [0.3, 0.4) is 0 Å². The fourth-order valence-corrected chi connectivity index (χ4v) is 2.70. The molecule has 1 unspecified atom stereocenters. The number of rotatable bonds is 8. The summed E-state index contributed by atoms with van der Waals surface area (Å²) in [5.74, 6) is 0.792. The van der Waals surface area contributed by atoms with Crippen molar-refractivity contribution in [2.45, 2.75) is 13.0 Å². The number of hydrogen-bond acceptors (Lipinski definition) is 4. The molecular formula is C20H25ClN3O4+. The number of anilines is 2. The van der Waals surface area contributed by atoms with Crippen LogP contribution in [0.2, 0.25) is 5.02 Å². The first-order valence-corrected chi connectivity index (χ1v) is 9.12. The van der Waals surface area contributed by atoms with E-state index in [2.05, 4.69) is 10.6 Å². The van der Waals surface area contributed by atoms with Crippen LogP contribution in [0.1, 0.15) is 6.92 Å². The molecule has 150 valence electrons. The number of amides is 2. The Morgan fingerprint density at radius 2 is 1.75 bits per heavy atom. The first-order chi connectivity index (χ1) is 13.3. The first kappa shape index (κ1) is 21.5. The Morgan fingerprint density at radius 1 is 1.07 bits per heavy atom. The third-order valence-electron chi connectivity index (χ3n) is 4.37. The van der Waals surface area contributed by atoms with Crippen LogP contribution in [-0.2, 0) is 9.59 Å². The van der Waals surface area contributed by atoms with Gasteiger partial charge in [0.15, 0.2) is 12.6 Å². The molecule has 0 aliphatic carbocycles. The van der Waals surface area contributed by atoms with Gasteiger partial charge in [0.05, 0.1) is 27.0 Å². The molecule has 7 nitrogen and oxygen atoms in total. The molecule has 28 heavy (non-hydrogen) atoms. The second kappa shape index (κ2) is 9.96. The van der Waals surface area contributed by atoms with E-state index in [1.807, 2.05) is 0 Å². The van der Waals surface area contributed by atoms with Crippen LogP contribution in [0.15, 0.2) is 42.5 Å². The minimum Gasteiger partial charge on any atom is -0.497 e. The Morgan fingerprint density at radius 3 is 2.36 bits per heavy atom. The summed E-state index contributed by atoms with van der Waals surface area (Å²) in [5.41, 5.74) is 1.15. The Labute approximate surface area is 169 Å². The Balaban J connectivity index is 1.93. The monoisotopic (exact) mass is 406 g/mol. The average Bonchev–Trinajstić information content (AvgIpc) is 2.68. The maximum Gasteiger partial charge on any atom is 0.282 e. The van der Waals surface area contributed by atoms with Crippen molar-refractivity contribution in [2.75, 3.05) is 38.4 Å². The van der Waals surface area contributed by atoms with Gasteiger partial charge in [-0.15, -0.1) is 0 Å². The number of benzene rings is 2. The van der Waals surface area contributed by atoms with Crippen molar-refractivity contribution < 1.29 is 24.0 Å². The van der Waals surface area contributed by atoms with Crippen molar-refractivity contribution in [3.05, 3.63) is 47.5 Å². The highest BCUT2D eigenvalue weighted by atomic mass is 35.5. The van der Waals surface area contributed by atoms with Gasteiger partial charge in [-0.3, -0.25) is 9.59 Å². The molecular weight excluding hydrogens is 382 g/mol. The number of quaternary nitrogens is 1. The molecule has 2 aromatic rings. The molecule has 3 N–H and O–H groups in total. The van der Waals surface area contributed by atoms with Crippen LogP contribution in [0.5, 0.6) is 11.5 Å². The molecule has 2 amide bonds. The molecule has 0 saturated heterocycles. The van der Waals surface area contributed by atoms with E-state index in [4.69, 9.17) is 21.1 Å². The van der Waals surface area contributed by atoms with E-state index >= 15 is 0 Å². The molecule has 0 spiro atoms. The number of carbonyl (C=O) groups is 2. The summed E-state index contributed by atoms with van der Waals surface area (Å²) >= 11 is 5.99. The standard InChI is InChI=1S/C20H24ClN3O4/c1-13(20(26)23-17-11-14(21)5-10-18(17)28-4)24(2)12-19(25)22-15-6-8-16(27-3)9-7-15/h5-11,13H,12H2,1-4H3,(H,22,25)(H,23,26)/p+1/t13-/m1/s1. The molecule has 8 heteroatoms. The Kier molecular flexibility index (Phi) is 7.66. The summed E-state index contributed by atoms with van der Waals surface area (Å²) in [6, 6.07) is 11.6. The van der Waals surface area contributed by atoms with Crippen molar-refractivity contribution in [3.63, 3.8) is 0 Å². The highest BCUT2D eigenvalue weighted by Crippen LogP contribution is 2.27. The third-order valence-corrected chi connectivity index (χ3v) is 4.60. The van der Waals surface area contributed by atoms with E-state index in [0.717, 1.165) is 4.90 Å². The molecule has 0 fully saturated rings. The van der Waals surface area contributed by atoms with E-state index in [1.54, 1.807) is 63.5 Å². The summed E-state index contributed by atoms with van der Waals surface area (Å²) in [5, 5.41) is 6.10. The van der Waals surface area contributed by atoms with Crippen LogP contribution in [0, 0.1) is 0 Å². The van der Waals surface area contributed by atoms with Crippen LogP contribution in [0.4, 0.5) is 11.4 Å². The van der Waals surface area contributed by atoms with Gasteiger partial charge in [0.2, 0.25) is 0 Å². The van der Waals surface area contributed by atoms with Crippen molar-refractivity contribution in [3.8, 4) is 11.5 Å². The number of ether oxygens (including phenoxy) is 2. The lowest BCUT2D eigenvalue weighted by atomic mass is 10.2. The lowest BCUT2D eigenvalue weighted by Crippen LogP contribution is -3.14. The maximum absolute atomic E-state index is 12.6. The Bertz CT molecular complexity index is 827. The topological polar surface area (TPSA) is 81.1 Å². The molecule has 0 radical (unpaired) electrons. The summed E-state index contributed by atoms with van der Waals surface area (Å²) in [6.45, 7) is 1.88. The van der Waals surface area contributed by atoms with Crippen LogP contribution in [0.25, 0.3) is 0 Å². The summed E-state index contributed by atoms with van der Waals surface area (Å²) in [4.78, 5) is 25.6. The van der Waals surface area contributed by atoms with Crippen molar-refractivity contribution in [1.82, 2.24) is 0 Å². The molecule has 2 rings (SSSR count). The van der Waals surface area contributed by atoms with Gasteiger partial charge in [-0.05, 0) is 49.4 Å². The second-order valence-corrected chi connectivity index (χ2v) is 6.79. The second-order valence-electron chi connectivity index (χ2n) is 6.36. The number of halogens is 1. The van der Waals surface area contributed by atoms with Gasteiger partial charge in [-0.25, -0.2) is 0 Å². The molecule has 0 heterocycles. The number of hydrogen-bond donors (Lipinski definition) is 3. The van der Waals surface area contributed by atoms with E-state index in [9.17, 15) is 9.59 Å². The minimum atomic E-state index is -0.467. The lowest BCUT2D eigenvalue weighted by molar-refractivity contribution is -0.885. The van der Waals surface area contributed by atoms with E-state index < -0.39 is 6.04 Å². The van der Waals surface area contributed by atoms with Gasteiger partial charge in [0, 0.05) is 10.7 Å². The first-order valence-electron chi connectivity index (χ1n) is 8.74. The summed E-state index contributed by atoms with van der Waals surface area (Å²) < 4.78 is 10.3. The maximum atomic E-state index is 12.6. The molecule has 0 aliphatic rings. The predicted octanol–water partition coefficient (Wildman–Crippen LogP) is 1.84. The van der Waals surface area contributed by atoms with Crippen molar-refractivity contribution >= 4 is 34.8 Å². The smallest absolute Gasteiger partial charge is 0.282 e. The summed E-state index contributed by atoms with van der Waals surface area (Å²) in [6.07, 6.45) is 0. The molecule has 2 atom stereocenters. The number of carbonyl (C=O) groups excluding carboxylic acids is 2. The largest absolute Gasteiger partial charge is 0.497 e. The fourth-order valence-electron chi connectivity index (χ4n) is 2.53. The van der Waals surface area contributed by atoms with Gasteiger partial charge < -0.3 is 25.0 Å². The van der Waals surface area contributed by atoms with Gasteiger partial charge in [-0.2, -0.15) is 0 Å². The van der Waals surface area contributed by atoms with Gasteiger partial charge in [-0.1, -0.05) is 11.6 Å². The van der Waals surface area contributed by atoms with Crippen molar-refractivity contribution in [1.29, 1.82) is 0 Å². The van der Waals surface area contributed by atoms with E-state index in [-0.39, 0.29) is 18.4 Å². The number of likely N-dealkylation sites (N-methyl/N-ethyl adjacent to an activating group) is 1. The SMILES string of the molecule is COc1ccc(NC(=O)C[NH+](C)[C@H](C)C(=O)Nc2cc(Cl)ccc2OC)cc1. The molecule has 0 bridgehead atoms. The summed E-state index contributed by atoms with van der Waals surface area (Å²) in [7, 11) is 4.88. The predicted molar refractivity (Wildman–Crippen MR) is 109 cm³/mol. The Hall–Kier alpha value is -2.77. The van der Waals surface area contributed by atoms with E-state index in [1.165, 1.54) is 7.11 Å². The van der Waals surface area contributed by atoms with Gasteiger partial charge in [0.25, 0.3) is 11.8 Å².